The van der Waals surface area contributed by atoms with Gasteiger partial charge in [-0.15, -0.1) is 0 Å². The molecule has 1 heterocycles. The van der Waals surface area contributed by atoms with Crippen LogP contribution in [0.15, 0.2) is 5.11 Å². The molecule has 1 fully saturated rings. The minimum atomic E-state index is -0.266. The molecule has 1 rings (SSSR count). The van der Waals surface area contributed by atoms with E-state index in [9.17, 15) is 4.79 Å². The highest BCUT2D eigenvalue weighted by Gasteiger charge is 2.34. The van der Waals surface area contributed by atoms with Crippen molar-refractivity contribution in [3.63, 3.8) is 0 Å². The number of carbonyl (C=O) groups is 1. The first-order chi connectivity index (χ1) is 6.19. The van der Waals surface area contributed by atoms with Gasteiger partial charge in [-0.05, 0) is 19.0 Å². The molecule has 0 aromatic rings. The summed E-state index contributed by atoms with van der Waals surface area (Å²) in [5.41, 5.74) is 8.22. The smallest absolute Gasteiger partial charge is 0.323 e. The number of rotatable bonds is 2. The van der Waals surface area contributed by atoms with Crippen LogP contribution in [0.1, 0.15) is 6.42 Å². The van der Waals surface area contributed by atoms with E-state index in [1.807, 2.05) is 11.9 Å². The summed E-state index contributed by atoms with van der Waals surface area (Å²) in [6.45, 7) is 0.615. The largest absolute Gasteiger partial charge is 0.468 e. The van der Waals surface area contributed by atoms with E-state index in [1.165, 1.54) is 7.11 Å². The second-order valence-corrected chi connectivity index (χ2v) is 3.07. The van der Waals surface area contributed by atoms with Crippen LogP contribution in [0, 0.1) is 0 Å². The average molecular weight is 184 g/mol. The van der Waals surface area contributed by atoms with Gasteiger partial charge in [0.2, 0.25) is 0 Å². The molecule has 0 amide bonds. The Labute approximate surface area is 76.1 Å². The highest BCUT2D eigenvalue weighted by Crippen LogP contribution is 2.19. The van der Waals surface area contributed by atoms with E-state index in [1.54, 1.807) is 0 Å². The van der Waals surface area contributed by atoms with Crippen molar-refractivity contribution in [2.24, 2.45) is 5.11 Å². The Bertz CT molecular complexity index is 249. The number of likely N-dealkylation sites (N-methyl/N-ethyl adjacent to an activating group) is 1. The van der Waals surface area contributed by atoms with Crippen molar-refractivity contribution in [3.8, 4) is 0 Å². The lowest BCUT2D eigenvalue weighted by atomic mass is 10.2. The summed E-state index contributed by atoms with van der Waals surface area (Å²) < 4.78 is 4.62. The van der Waals surface area contributed by atoms with Gasteiger partial charge < -0.3 is 4.74 Å². The zero-order chi connectivity index (χ0) is 9.84. The first-order valence-corrected chi connectivity index (χ1v) is 4.01. The maximum atomic E-state index is 11.2. The van der Waals surface area contributed by atoms with Crippen LogP contribution in [-0.4, -0.2) is 43.7 Å². The van der Waals surface area contributed by atoms with E-state index in [2.05, 4.69) is 14.8 Å². The zero-order valence-electron chi connectivity index (χ0n) is 7.67. The Morgan fingerprint density at radius 2 is 2.46 bits per heavy atom. The highest BCUT2D eigenvalue weighted by atomic mass is 16.5. The quantitative estimate of drug-likeness (QED) is 0.272. The minimum absolute atomic E-state index is 0.112. The van der Waals surface area contributed by atoms with Crippen LogP contribution in [0.5, 0.6) is 0 Å². The lowest BCUT2D eigenvalue weighted by Gasteiger charge is -2.15. The van der Waals surface area contributed by atoms with Crippen LogP contribution >= 0.6 is 0 Å². The average Bonchev–Trinajstić information content (AvgIpc) is 2.46. The summed E-state index contributed by atoms with van der Waals surface area (Å²) in [5, 5.41) is 3.57. The molecular formula is C7H12N4O2. The number of ether oxygens (including phenoxy) is 1. The molecule has 2 atom stereocenters. The van der Waals surface area contributed by atoms with Gasteiger partial charge >= 0.3 is 5.97 Å². The molecule has 0 saturated carbocycles. The number of methoxy groups -OCH3 is 1. The molecule has 0 aromatic heterocycles. The Morgan fingerprint density at radius 1 is 1.77 bits per heavy atom. The van der Waals surface area contributed by atoms with Gasteiger partial charge in [0.05, 0.1) is 13.2 Å². The Hall–Kier alpha value is -1.26. The van der Waals surface area contributed by atoms with Gasteiger partial charge in [-0.1, -0.05) is 5.11 Å². The van der Waals surface area contributed by atoms with Crippen LogP contribution in [0.2, 0.25) is 0 Å². The number of azide groups is 1. The Kier molecular flexibility index (Phi) is 3.11. The maximum Gasteiger partial charge on any atom is 0.323 e. The summed E-state index contributed by atoms with van der Waals surface area (Å²) in [4.78, 5) is 15.7. The van der Waals surface area contributed by atoms with Gasteiger partial charge in [0.1, 0.15) is 6.04 Å². The number of hydrogen-bond donors (Lipinski definition) is 0. The van der Waals surface area contributed by atoms with Crippen LogP contribution in [0.4, 0.5) is 0 Å². The number of esters is 1. The summed E-state index contributed by atoms with van der Waals surface area (Å²) >= 11 is 0. The molecule has 0 aliphatic carbocycles. The van der Waals surface area contributed by atoms with Crippen molar-refractivity contribution in [2.45, 2.75) is 18.5 Å². The van der Waals surface area contributed by atoms with Gasteiger partial charge in [0, 0.05) is 11.5 Å². The molecule has 72 valence electrons. The first-order valence-electron chi connectivity index (χ1n) is 4.01. The molecule has 0 spiro atoms. The van der Waals surface area contributed by atoms with Gasteiger partial charge in [-0.3, -0.25) is 9.69 Å². The van der Waals surface area contributed by atoms with Crippen molar-refractivity contribution >= 4 is 5.97 Å². The summed E-state index contributed by atoms with van der Waals surface area (Å²) in [6, 6.07) is -0.375. The number of nitrogens with zero attached hydrogens (tertiary/aromatic N) is 4. The fourth-order valence-corrected chi connectivity index (χ4v) is 1.54. The van der Waals surface area contributed by atoms with Gasteiger partial charge in [-0.25, -0.2) is 0 Å². The predicted octanol–water partition coefficient (Wildman–Crippen LogP) is 0.542. The lowest BCUT2D eigenvalue weighted by molar-refractivity contribution is -0.145. The molecule has 0 N–H and O–H groups in total. The van der Waals surface area contributed by atoms with Crippen molar-refractivity contribution in [1.82, 2.24) is 4.90 Å². The molecule has 6 nitrogen and oxygen atoms in total. The van der Waals surface area contributed by atoms with Crippen LogP contribution in [0.25, 0.3) is 10.4 Å². The predicted molar refractivity (Wildman–Crippen MR) is 46.0 cm³/mol. The van der Waals surface area contributed by atoms with Crippen LogP contribution in [-0.2, 0) is 9.53 Å². The van der Waals surface area contributed by atoms with Crippen molar-refractivity contribution in [3.05, 3.63) is 10.4 Å². The standard InChI is InChI=1S/C7H12N4O2/c1-11-4-5(9-10-8)3-6(11)7(12)13-2/h5-6H,3-4H2,1-2H3. The molecule has 0 radical (unpaired) electrons. The van der Waals surface area contributed by atoms with Gasteiger partial charge in [-0.2, -0.15) is 0 Å². The number of hydrogen-bond acceptors (Lipinski definition) is 4. The SMILES string of the molecule is COC(=O)C1CC(N=[N+]=[N-])CN1C. The Morgan fingerprint density at radius 3 is 3.00 bits per heavy atom. The minimum Gasteiger partial charge on any atom is -0.468 e. The molecule has 0 aromatic carbocycles. The molecule has 1 saturated heterocycles. The van der Waals surface area contributed by atoms with E-state index < -0.39 is 0 Å². The zero-order valence-corrected chi connectivity index (χ0v) is 7.67. The molecule has 1 aliphatic rings. The van der Waals surface area contributed by atoms with Crippen molar-refractivity contribution in [1.29, 1.82) is 0 Å². The lowest BCUT2D eigenvalue weighted by Crippen LogP contribution is -2.33. The summed E-state index contributed by atoms with van der Waals surface area (Å²) in [6.07, 6.45) is 0.549. The highest BCUT2D eigenvalue weighted by molar-refractivity contribution is 5.76. The molecule has 1 aliphatic heterocycles. The monoisotopic (exact) mass is 184 g/mol. The summed E-state index contributed by atoms with van der Waals surface area (Å²) in [5.74, 6) is -0.266. The Balaban J connectivity index is 2.60. The van der Waals surface area contributed by atoms with E-state index >= 15 is 0 Å². The third kappa shape index (κ3) is 2.11. The van der Waals surface area contributed by atoms with Crippen molar-refractivity contribution < 1.29 is 9.53 Å². The van der Waals surface area contributed by atoms with E-state index in [0.717, 1.165) is 0 Å². The second kappa shape index (κ2) is 4.11. The fourth-order valence-electron chi connectivity index (χ4n) is 1.54. The van der Waals surface area contributed by atoms with E-state index in [-0.39, 0.29) is 18.1 Å². The normalized spacial score (nSPS) is 28.2. The van der Waals surface area contributed by atoms with Crippen molar-refractivity contribution in [2.75, 3.05) is 20.7 Å². The van der Waals surface area contributed by atoms with Gasteiger partial charge in [0.15, 0.2) is 0 Å². The number of likely N-dealkylation sites (tertiary alicyclic amines) is 1. The van der Waals surface area contributed by atoms with Crippen LogP contribution in [0.3, 0.4) is 0 Å². The summed E-state index contributed by atoms with van der Waals surface area (Å²) in [7, 11) is 3.17. The second-order valence-electron chi connectivity index (χ2n) is 3.07. The van der Waals surface area contributed by atoms with Gasteiger partial charge in [0.25, 0.3) is 0 Å². The maximum absolute atomic E-state index is 11.2. The molecule has 2 unspecified atom stereocenters. The molecular weight excluding hydrogens is 172 g/mol. The fraction of sp³-hybridized carbons (Fsp3) is 0.857. The first kappa shape index (κ1) is 9.83. The molecule has 13 heavy (non-hydrogen) atoms. The van der Waals surface area contributed by atoms with Crippen LogP contribution < -0.4 is 0 Å². The van der Waals surface area contributed by atoms with E-state index in [4.69, 9.17) is 5.53 Å². The van der Waals surface area contributed by atoms with E-state index in [0.29, 0.717) is 13.0 Å². The molecule has 0 bridgehead atoms. The topological polar surface area (TPSA) is 78.3 Å². The third-order valence-electron chi connectivity index (χ3n) is 2.21. The molecule has 6 heteroatoms. The number of carbonyl (C=O) groups excluding carboxylic acids is 1. The third-order valence-corrected chi connectivity index (χ3v) is 2.21.